The first-order chi connectivity index (χ1) is 19.1. The van der Waals surface area contributed by atoms with Gasteiger partial charge in [0.1, 0.15) is 11.5 Å². The van der Waals surface area contributed by atoms with Crippen molar-refractivity contribution in [3.05, 3.63) is 75.0 Å². The highest BCUT2D eigenvalue weighted by molar-refractivity contribution is 6.39. The van der Waals surface area contributed by atoms with Gasteiger partial charge < -0.3 is 19.5 Å². The summed E-state index contributed by atoms with van der Waals surface area (Å²) in [5.41, 5.74) is 2.25. The lowest BCUT2D eigenvalue weighted by Crippen LogP contribution is -2.44. The van der Waals surface area contributed by atoms with E-state index in [1.807, 2.05) is 30.3 Å². The first-order valence-electron chi connectivity index (χ1n) is 14.2. The van der Waals surface area contributed by atoms with Crippen LogP contribution in [0.15, 0.2) is 47.0 Å². The second-order valence-corrected chi connectivity index (χ2v) is 13.3. The average molecular weight is 585 g/mol. The van der Waals surface area contributed by atoms with Crippen molar-refractivity contribution in [3.63, 3.8) is 0 Å². The van der Waals surface area contributed by atoms with Crippen LogP contribution in [0.3, 0.4) is 0 Å². The van der Waals surface area contributed by atoms with Crippen molar-refractivity contribution >= 4 is 29.2 Å². The fourth-order valence-corrected chi connectivity index (χ4v) is 7.45. The van der Waals surface area contributed by atoms with E-state index in [0.717, 1.165) is 61.0 Å². The van der Waals surface area contributed by atoms with Crippen LogP contribution >= 0.6 is 23.2 Å². The number of rotatable bonds is 9. The number of fused-ring (bicyclic) bond motifs is 2. The molecule has 0 spiro atoms. The molecule has 2 N–H and O–H groups in total. The molecule has 2 bridgehead atoms. The van der Waals surface area contributed by atoms with Crippen LogP contribution in [0.4, 0.5) is 0 Å². The van der Waals surface area contributed by atoms with Crippen LogP contribution < -0.4 is 0 Å². The monoisotopic (exact) mass is 583 g/mol. The largest absolute Gasteiger partial charge is 0.481 e. The van der Waals surface area contributed by atoms with Gasteiger partial charge in [0.25, 0.3) is 0 Å². The number of nitrogens with zero attached hydrogens (tertiary/aromatic N) is 1. The molecule has 0 amide bonds. The maximum absolute atomic E-state index is 12.1. The van der Waals surface area contributed by atoms with Gasteiger partial charge in [0.05, 0.1) is 33.8 Å². The van der Waals surface area contributed by atoms with Crippen molar-refractivity contribution in [2.24, 2.45) is 17.3 Å². The molecule has 2 aromatic carbocycles. The Morgan fingerprint density at radius 3 is 2.35 bits per heavy atom. The fraction of sp³-hybridized carbons (Fsp3) is 0.500. The molecule has 40 heavy (non-hydrogen) atoms. The van der Waals surface area contributed by atoms with Crippen LogP contribution in [-0.4, -0.2) is 27.4 Å². The Morgan fingerprint density at radius 1 is 1.07 bits per heavy atom. The van der Waals surface area contributed by atoms with Gasteiger partial charge in [0.2, 0.25) is 0 Å². The normalized spacial score (nSPS) is 26.3. The molecule has 3 aliphatic carbocycles. The molecule has 212 valence electrons. The van der Waals surface area contributed by atoms with Crippen molar-refractivity contribution in [2.75, 3.05) is 0 Å². The Labute approximate surface area is 244 Å². The minimum Gasteiger partial charge on any atom is -0.481 e. The maximum Gasteiger partial charge on any atom is 0.309 e. The third kappa shape index (κ3) is 4.98. The molecule has 2 unspecified atom stereocenters. The first kappa shape index (κ1) is 27.8. The van der Waals surface area contributed by atoms with E-state index in [1.165, 1.54) is 0 Å². The number of carboxylic acid groups (broad SMARTS) is 1. The number of carboxylic acids is 1. The zero-order valence-electron chi connectivity index (χ0n) is 22.8. The Hall–Kier alpha value is -2.38. The number of carbonyl (C=O) groups is 1. The van der Waals surface area contributed by atoms with Crippen LogP contribution in [0.5, 0.6) is 0 Å². The molecule has 1 heterocycles. The number of aliphatic carboxylic acids is 1. The van der Waals surface area contributed by atoms with Gasteiger partial charge in [-0.1, -0.05) is 58.7 Å². The molecule has 0 radical (unpaired) electrons. The molecule has 8 heteroatoms. The van der Waals surface area contributed by atoms with Crippen molar-refractivity contribution in [3.8, 4) is 11.3 Å². The van der Waals surface area contributed by atoms with E-state index < -0.39 is 17.0 Å². The predicted octanol–water partition coefficient (Wildman–Crippen LogP) is 7.77. The smallest absolute Gasteiger partial charge is 0.309 e. The van der Waals surface area contributed by atoms with Gasteiger partial charge in [0.15, 0.2) is 0 Å². The number of halogens is 2. The summed E-state index contributed by atoms with van der Waals surface area (Å²) in [6.45, 7) is 3.82. The van der Waals surface area contributed by atoms with E-state index in [4.69, 9.17) is 32.5 Å². The standard InChI is InChI=1S/C32H35Cl2NO5/c1-31(2,30(36)37)16-18-5-3-6-20(13-18)32(38)21-11-12-22(32)15-23(14-21)39-17-24-28(35-40-29(24)19-9-10-19)27-25(33)7-4-8-26(27)34/h3-8,13,19,21-23,38H,9-12,14-17H2,1-2H3,(H,36,37). The second-order valence-electron chi connectivity index (χ2n) is 12.5. The van der Waals surface area contributed by atoms with E-state index in [1.54, 1.807) is 26.0 Å². The summed E-state index contributed by atoms with van der Waals surface area (Å²) in [5, 5.41) is 27.1. The highest BCUT2D eigenvalue weighted by Gasteiger charge is 2.54. The van der Waals surface area contributed by atoms with Gasteiger partial charge in [-0.3, -0.25) is 4.79 Å². The Kier molecular flexibility index (Phi) is 7.27. The number of aromatic nitrogens is 1. The Morgan fingerprint density at radius 2 is 1.73 bits per heavy atom. The van der Waals surface area contributed by atoms with Crippen LogP contribution in [-0.2, 0) is 28.2 Å². The lowest BCUT2D eigenvalue weighted by Gasteiger charge is -2.43. The number of ether oxygens (including phenoxy) is 1. The second kappa shape index (κ2) is 10.5. The molecular weight excluding hydrogens is 549 g/mol. The summed E-state index contributed by atoms with van der Waals surface area (Å²) >= 11 is 13.0. The van der Waals surface area contributed by atoms with Crippen molar-refractivity contribution in [1.82, 2.24) is 5.16 Å². The van der Waals surface area contributed by atoms with Crippen LogP contribution in [0, 0.1) is 17.3 Å². The quantitative estimate of drug-likeness (QED) is 0.267. The first-order valence-corrected chi connectivity index (χ1v) is 14.9. The molecule has 2 atom stereocenters. The molecule has 1 aromatic heterocycles. The highest BCUT2D eigenvalue weighted by Crippen LogP contribution is 2.56. The minimum atomic E-state index is -0.935. The van der Waals surface area contributed by atoms with E-state index >= 15 is 0 Å². The molecule has 6 rings (SSSR count). The molecule has 3 saturated carbocycles. The van der Waals surface area contributed by atoms with Gasteiger partial charge in [-0.2, -0.15) is 0 Å². The fourth-order valence-electron chi connectivity index (χ4n) is 6.87. The zero-order chi connectivity index (χ0) is 28.2. The predicted molar refractivity (Wildman–Crippen MR) is 153 cm³/mol. The number of aliphatic hydroxyl groups is 1. The van der Waals surface area contributed by atoms with Crippen LogP contribution in [0.1, 0.15) is 80.7 Å². The minimum absolute atomic E-state index is 0.00317. The third-order valence-corrected chi connectivity index (χ3v) is 9.88. The van der Waals surface area contributed by atoms with Gasteiger partial charge in [-0.25, -0.2) is 0 Å². The lowest BCUT2D eigenvalue weighted by molar-refractivity contribution is -0.146. The molecule has 3 fully saturated rings. The summed E-state index contributed by atoms with van der Waals surface area (Å²) in [5.74, 6) is 0.533. The highest BCUT2D eigenvalue weighted by atomic mass is 35.5. The van der Waals surface area contributed by atoms with Gasteiger partial charge >= 0.3 is 5.97 Å². The van der Waals surface area contributed by atoms with Crippen LogP contribution in [0.2, 0.25) is 10.0 Å². The number of hydrogen-bond acceptors (Lipinski definition) is 5. The average Bonchev–Trinajstić information content (AvgIpc) is 3.65. The number of benzene rings is 2. The summed E-state index contributed by atoms with van der Waals surface area (Å²) in [6.07, 6.45) is 5.94. The zero-order valence-corrected chi connectivity index (χ0v) is 24.3. The third-order valence-electron chi connectivity index (χ3n) is 9.25. The summed E-state index contributed by atoms with van der Waals surface area (Å²) in [4.78, 5) is 11.7. The van der Waals surface area contributed by atoms with Crippen molar-refractivity contribution in [2.45, 2.75) is 83.0 Å². The van der Waals surface area contributed by atoms with Gasteiger partial charge in [-0.05, 0) is 93.9 Å². The van der Waals surface area contributed by atoms with Crippen molar-refractivity contribution < 1.29 is 24.3 Å². The lowest BCUT2D eigenvalue weighted by atomic mass is 9.69. The van der Waals surface area contributed by atoms with E-state index in [-0.39, 0.29) is 17.9 Å². The van der Waals surface area contributed by atoms with Crippen molar-refractivity contribution in [1.29, 1.82) is 0 Å². The molecule has 0 saturated heterocycles. The molecular formula is C32H35Cl2NO5. The summed E-state index contributed by atoms with van der Waals surface area (Å²) in [7, 11) is 0. The van der Waals surface area contributed by atoms with E-state index in [9.17, 15) is 15.0 Å². The Balaban J connectivity index is 1.20. The molecule has 3 aliphatic rings. The van der Waals surface area contributed by atoms with E-state index in [0.29, 0.717) is 40.2 Å². The topological polar surface area (TPSA) is 92.8 Å². The van der Waals surface area contributed by atoms with E-state index in [2.05, 4.69) is 5.16 Å². The summed E-state index contributed by atoms with van der Waals surface area (Å²) < 4.78 is 12.4. The van der Waals surface area contributed by atoms with Crippen LogP contribution in [0.25, 0.3) is 11.3 Å². The Bertz CT molecular complexity index is 1390. The van der Waals surface area contributed by atoms with Gasteiger partial charge in [-0.15, -0.1) is 0 Å². The van der Waals surface area contributed by atoms with Gasteiger partial charge in [0, 0.05) is 17.0 Å². The molecule has 0 aliphatic heterocycles. The summed E-state index contributed by atoms with van der Waals surface area (Å²) in [6, 6.07) is 13.3. The molecule has 6 nitrogen and oxygen atoms in total. The molecule has 3 aromatic rings. The maximum atomic E-state index is 12.1. The SMILES string of the molecule is CC(C)(Cc1cccc(C2(O)C3CCC2CC(OCc2c(-c4c(Cl)cccc4Cl)noc2C2CC2)C3)c1)C(=O)O. The number of hydrogen-bond donors (Lipinski definition) is 2.